The van der Waals surface area contributed by atoms with Crippen LogP contribution in [0.15, 0.2) is 42.5 Å². The number of benzene rings is 2. The molecule has 0 heterocycles. The minimum atomic E-state index is 0.497. The van der Waals surface area contributed by atoms with Gasteiger partial charge in [-0.1, -0.05) is 55.3 Å². The maximum Gasteiger partial charge on any atom is 0.0323 e. The van der Waals surface area contributed by atoms with Gasteiger partial charge in [0.15, 0.2) is 0 Å². The quantitative estimate of drug-likeness (QED) is 0.820. The molecule has 1 saturated carbocycles. The van der Waals surface area contributed by atoms with Gasteiger partial charge in [-0.05, 0) is 42.1 Å². The Bertz CT molecular complexity index is 523. The van der Waals surface area contributed by atoms with Crippen LogP contribution in [0.4, 0.5) is 0 Å². The van der Waals surface area contributed by atoms with Crippen molar-refractivity contribution in [2.45, 2.75) is 31.7 Å². The van der Waals surface area contributed by atoms with Crippen molar-refractivity contribution in [2.75, 3.05) is 7.05 Å². The van der Waals surface area contributed by atoms with Crippen molar-refractivity contribution in [3.05, 3.63) is 48.0 Å². The van der Waals surface area contributed by atoms with Crippen LogP contribution in [-0.2, 0) is 0 Å². The van der Waals surface area contributed by atoms with Gasteiger partial charge in [0.2, 0.25) is 0 Å². The molecule has 2 aromatic carbocycles. The summed E-state index contributed by atoms with van der Waals surface area (Å²) in [5.74, 6) is 1.01. The van der Waals surface area contributed by atoms with Gasteiger partial charge < -0.3 is 5.32 Å². The highest BCUT2D eigenvalue weighted by Gasteiger charge is 2.23. The fraction of sp³-hybridized carbons (Fsp3) is 0.412. The van der Waals surface area contributed by atoms with Crippen LogP contribution in [0.3, 0.4) is 0 Å². The summed E-state index contributed by atoms with van der Waals surface area (Å²) < 4.78 is 0. The van der Waals surface area contributed by atoms with E-state index in [1.54, 1.807) is 0 Å². The van der Waals surface area contributed by atoms with Crippen molar-refractivity contribution in [1.29, 1.82) is 0 Å². The highest BCUT2D eigenvalue weighted by molar-refractivity contribution is 5.86. The fourth-order valence-corrected chi connectivity index (χ4v) is 2.82. The molecule has 0 spiro atoms. The van der Waals surface area contributed by atoms with Crippen molar-refractivity contribution in [3.63, 3.8) is 0 Å². The maximum absolute atomic E-state index is 3.49. The van der Waals surface area contributed by atoms with Gasteiger partial charge in [-0.2, -0.15) is 0 Å². The first-order valence-electron chi connectivity index (χ1n) is 7.03. The molecule has 2 aromatic rings. The Hall–Kier alpha value is -1.34. The van der Waals surface area contributed by atoms with Crippen molar-refractivity contribution in [3.8, 4) is 0 Å². The maximum atomic E-state index is 3.49. The molecule has 1 N–H and O–H groups in total. The Balaban J connectivity index is 1.89. The van der Waals surface area contributed by atoms with Gasteiger partial charge in [0.05, 0.1) is 0 Å². The van der Waals surface area contributed by atoms with E-state index >= 15 is 0 Å². The molecule has 1 aliphatic rings. The zero-order valence-corrected chi connectivity index (χ0v) is 11.0. The Labute approximate surface area is 109 Å². The highest BCUT2D eigenvalue weighted by atomic mass is 14.9. The van der Waals surface area contributed by atoms with E-state index in [1.165, 1.54) is 42.0 Å². The first kappa shape index (κ1) is 11.7. The first-order chi connectivity index (χ1) is 8.88. The number of hydrogen-bond acceptors (Lipinski definition) is 1. The minimum absolute atomic E-state index is 0.497. The van der Waals surface area contributed by atoms with Gasteiger partial charge in [-0.15, -0.1) is 0 Å². The largest absolute Gasteiger partial charge is 0.313 e. The molecule has 1 fully saturated rings. The van der Waals surface area contributed by atoms with Gasteiger partial charge in [-0.3, -0.25) is 0 Å². The molecule has 1 aliphatic carbocycles. The molecule has 1 heteroatoms. The molecule has 94 valence electrons. The van der Waals surface area contributed by atoms with Crippen LogP contribution in [0.25, 0.3) is 10.8 Å². The first-order valence-corrected chi connectivity index (χ1v) is 7.03. The normalized spacial score (nSPS) is 16.9. The van der Waals surface area contributed by atoms with Crippen LogP contribution in [0.5, 0.6) is 0 Å². The van der Waals surface area contributed by atoms with E-state index in [0.717, 1.165) is 5.92 Å². The summed E-state index contributed by atoms with van der Waals surface area (Å²) >= 11 is 0. The number of fused-ring (bicyclic) bond motifs is 1. The SMILES string of the molecule is CNC(CCC1CC1)c1cccc2ccccc12. The van der Waals surface area contributed by atoms with Crippen LogP contribution >= 0.6 is 0 Å². The molecule has 0 bridgehead atoms. The van der Waals surface area contributed by atoms with Crippen LogP contribution in [0.2, 0.25) is 0 Å². The molecular weight excluding hydrogens is 218 g/mol. The predicted octanol–water partition coefficient (Wildman–Crippen LogP) is 4.29. The van der Waals surface area contributed by atoms with Crippen LogP contribution < -0.4 is 5.32 Å². The van der Waals surface area contributed by atoms with Gasteiger partial charge in [0.1, 0.15) is 0 Å². The average molecular weight is 239 g/mol. The molecule has 3 rings (SSSR count). The lowest BCUT2D eigenvalue weighted by atomic mass is 9.95. The zero-order chi connectivity index (χ0) is 12.4. The van der Waals surface area contributed by atoms with E-state index in [2.05, 4.69) is 54.8 Å². The Kier molecular flexibility index (Phi) is 3.33. The molecular formula is C17H21N. The Morgan fingerprint density at radius 1 is 1.11 bits per heavy atom. The third-order valence-corrected chi connectivity index (χ3v) is 4.11. The summed E-state index contributed by atoms with van der Waals surface area (Å²) in [7, 11) is 2.08. The van der Waals surface area contributed by atoms with E-state index in [1.807, 2.05) is 0 Å². The molecule has 0 aromatic heterocycles. The molecule has 0 amide bonds. The summed E-state index contributed by atoms with van der Waals surface area (Å²) in [5.41, 5.74) is 1.45. The fourth-order valence-electron chi connectivity index (χ4n) is 2.82. The Morgan fingerprint density at radius 2 is 1.89 bits per heavy atom. The van der Waals surface area contributed by atoms with E-state index < -0.39 is 0 Å². The summed E-state index contributed by atoms with van der Waals surface area (Å²) in [6.45, 7) is 0. The predicted molar refractivity (Wildman–Crippen MR) is 77.7 cm³/mol. The number of nitrogens with one attached hydrogen (secondary N) is 1. The summed E-state index contributed by atoms with van der Waals surface area (Å²) in [6.07, 6.45) is 5.53. The van der Waals surface area contributed by atoms with Crippen molar-refractivity contribution in [1.82, 2.24) is 5.32 Å². The van der Waals surface area contributed by atoms with E-state index in [4.69, 9.17) is 0 Å². The summed E-state index contributed by atoms with van der Waals surface area (Å²) in [5, 5.41) is 6.24. The third kappa shape index (κ3) is 2.41. The van der Waals surface area contributed by atoms with Crippen molar-refractivity contribution >= 4 is 10.8 Å². The number of rotatable bonds is 5. The van der Waals surface area contributed by atoms with Crippen LogP contribution in [0, 0.1) is 5.92 Å². The lowest BCUT2D eigenvalue weighted by molar-refractivity contribution is 0.509. The van der Waals surface area contributed by atoms with Crippen molar-refractivity contribution < 1.29 is 0 Å². The third-order valence-electron chi connectivity index (χ3n) is 4.11. The Morgan fingerprint density at radius 3 is 2.67 bits per heavy atom. The van der Waals surface area contributed by atoms with Gasteiger partial charge >= 0.3 is 0 Å². The van der Waals surface area contributed by atoms with Gasteiger partial charge in [-0.25, -0.2) is 0 Å². The van der Waals surface area contributed by atoms with Gasteiger partial charge in [0.25, 0.3) is 0 Å². The van der Waals surface area contributed by atoms with Gasteiger partial charge in [0, 0.05) is 6.04 Å². The second-order valence-electron chi connectivity index (χ2n) is 5.43. The molecule has 1 nitrogen and oxygen atoms in total. The molecule has 18 heavy (non-hydrogen) atoms. The van der Waals surface area contributed by atoms with Crippen molar-refractivity contribution in [2.24, 2.45) is 5.92 Å². The second-order valence-corrected chi connectivity index (χ2v) is 5.43. The van der Waals surface area contributed by atoms with Crippen LogP contribution in [0.1, 0.15) is 37.3 Å². The van der Waals surface area contributed by atoms with Crippen LogP contribution in [-0.4, -0.2) is 7.05 Å². The minimum Gasteiger partial charge on any atom is -0.313 e. The molecule has 1 unspecified atom stereocenters. The topological polar surface area (TPSA) is 12.0 Å². The molecule has 0 saturated heterocycles. The smallest absolute Gasteiger partial charge is 0.0323 e. The lowest BCUT2D eigenvalue weighted by Crippen LogP contribution is -2.16. The lowest BCUT2D eigenvalue weighted by Gasteiger charge is -2.18. The summed E-state index contributed by atoms with van der Waals surface area (Å²) in [6, 6.07) is 15.8. The average Bonchev–Trinajstić information content (AvgIpc) is 3.24. The molecule has 0 aliphatic heterocycles. The molecule has 0 radical (unpaired) electrons. The van der Waals surface area contributed by atoms with E-state index in [0.29, 0.717) is 6.04 Å². The second kappa shape index (κ2) is 5.11. The molecule has 1 atom stereocenters. The monoisotopic (exact) mass is 239 g/mol. The van der Waals surface area contributed by atoms with E-state index in [-0.39, 0.29) is 0 Å². The zero-order valence-electron chi connectivity index (χ0n) is 11.0. The summed E-state index contributed by atoms with van der Waals surface area (Å²) in [4.78, 5) is 0. The number of hydrogen-bond donors (Lipinski definition) is 1. The standard InChI is InChI=1S/C17H21N/c1-18-17(12-11-13-9-10-13)16-8-4-6-14-5-2-3-7-15(14)16/h2-8,13,17-18H,9-12H2,1H3. The highest BCUT2D eigenvalue weighted by Crippen LogP contribution is 2.36. The van der Waals surface area contributed by atoms with E-state index in [9.17, 15) is 0 Å².